The second kappa shape index (κ2) is 7.14. The molecule has 118 valence electrons. The quantitative estimate of drug-likeness (QED) is 0.435. The molecule has 0 amide bonds. The zero-order valence-electron chi connectivity index (χ0n) is 13.1. The molecule has 0 saturated carbocycles. The number of hydrogen-bond donors (Lipinski definition) is 0. The van der Waals surface area contributed by atoms with Crippen molar-refractivity contribution in [2.24, 2.45) is 0 Å². The fourth-order valence-corrected chi connectivity index (χ4v) is 7.98. The van der Waals surface area contributed by atoms with Crippen molar-refractivity contribution in [1.82, 2.24) is 0 Å². The zero-order valence-corrected chi connectivity index (χ0v) is 15.5. The fourth-order valence-electron chi connectivity index (χ4n) is 2.94. The van der Waals surface area contributed by atoms with E-state index in [-0.39, 0.29) is 4.75 Å². The van der Waals surface area contributed by atoms with Gasteiger partial charge in [0, 0.05) is 4.90 Å². The maximum absolute atomic E-state index is 2.26. The predicted molar refractivity (Wildman–Crippen MR) is 111 cm³/mol. The van der Waals surface area contributed by atoms with Crippen LogP contribution in [-0.2, 0) is 16.1 Å². The summed E-state index contributed by atoms with van der Waals surface area (Å²) >= 11 is 5.91. The van der Waals surface area contributed by atoms with Crippen LogP contribution >= 0.6 is 23.5 Å². The van der Waals surface area contributed by atoms with E-state index in [9.17, 15) is 0 Å². The number of rotatable bonds is 3. The van der Waals surface area contributed by atoms with Crippen LogP contribution < -0.4 is 0 Å². The number of thioether (sulfide) groups is 2. The molecular weight excluding hydrogens is 348 g/mol. The molecule has 0 bridgehead atoms. The van der Waals surface area contributed by atoms with Gasteiger partial charge < -0.3 is 0 Å². The SMILES string of the molecule is c1ccc(SC2=[S+]CSC2(c2ccccc2)c2ccccc2)cc1. The molecule has 3 aromatic rings. The van der Waals surface area contributed by atoms with Gasteiger partial charge in [0.15, 0.2) is 16.1 Å². The van der Waals surface area contributed by atoms with Gasteiger partial charge in [-0.3, -0.25) is 0 Å². The highest BCUT2D eigenvalue weighted by Gasteiger charge is 2.51. The lowest BCUT2D eigenvalue weighted by atomic mass is 9.92. The van der Waals surface area contributed by atoms with E-state index >= 15 is 0 Å². The van der Waals surface area contributed by atoms with E-state index in [1.165, 1.54) is 20.2 Å². The lowest BCUT2D eigenvalue weighted by Gasteiger charge is -2.27. The van der Waals surface area contributed by atoms with Crippen molar-refractivity contribution in [3.05, 3.63) is 102 Å². The smallest absolute Gasteiger partial charge is 0.0711 e. The molecule has 0 N–H and O–H groups in total. The van der Waals surface area contributed by atoms with Crippen LogP contribution in [0.25, 0.3) is 0 Å². The largest absolute Gasteiger partial charge is 0.265 e. The number of benzene rings is 3. The van der Waals surface area contributed by atoms with Gasteiger partial charge in [-0.1, -0.05) is 90.6 Å². The maximum atomic E-state index is 2.26. The molecule has 0 aliphatic carbocycles. The van der Waals surface area contributed by atoms with Crippen molar-refractivity contribution in [2.75, 3.05) is 5.08 Å². The van der Waals surface area contributed by atoms with Crippen LogP contribution in [0.1, 0.15) is 11.1 Å². The highest BCUT2D eigenvalue weighted by atomic mass is 32.2. The second-order valence-electron chi connectivity index (χ2n) is 5.52. The van der Waals surface area contributed by atoms with Crippen molar-refractivity contribution in [2.45, 2.75) is 9.64 Å². The fraction of sp³-hybridized carbons (Fsp3) is 0.0952. The van der Waals surface area contributed by atoms with Gasteiger partial charge in [0.1, 0.15) is 0 Å². The molecule has 0 saturated heterocycles. The molecule has 1 aliphatic rings. The highest BCUT2D eigenvalue weighted by Crippen LogP contribution is 2.51. The summed E-state index contributed by atoms with van der Waals surface area (Å²) in [6.07, 6.45) is 0. The van der Waals surface area contributed by atoms with Crippen LogP contribution in [0.15, 0.2) is 95.9 Å². The summed E-state index contributed by atoms with van der Waals surface area (Å²) in [5, 5.41) is 1.08. The second-order valence-corrected chi connectivity index (χ2v) is 9.41. The Labute approximate surface area is 155 Å². The Hall–Kier alpha value is -1.55. The van der Waals surface area contributed by atoms with Gasteiger partial charge in [0.05, 0.1) is 0 Å². The summed E-state index contributed by atoms with van der Waals surface area (Å²) in [6, 6.07) is 32.5. The van der Waals surface area contributed by atoms with Crippen LogP contribution in [0, 0.1) is 0 Å². The zero-order chi connectivity index (χ0) is 16.2. The van der Waals surface area contributed by atoms with Crippen LogP contribution in [-0.4, -0.2) is 9.28 Å². The normalized spacial score (nSPS) is 15.9. The van der Waals surface area contributed by atoms with Gasteiger partial charge in [0.2, 0.25) is 5.08 Å². The minimum absolute atomic E-state index is 0.0896. The van der Waals surface area contributed by atoms with Gasteiger partial charge in [-0.25, -0.2) is 0 Å². The molecular formula is C21H17S3+. The lowest BCUT2D eigenvalue weighted by molar-refractivity contribution is 1.03. The Morgan fingerprint density at radius 2 is 1.21 bits per heavy atom. The number of hydrogen-bond acceptors (Lipinski definition) is 2. The Balaban J connectivity index is 1.83. The molecule has 0 spiro atoms. The van der Waals surface area contributed by atoms with Gasteiger partial charge in [-0.15, -0.1) is 0 Å². The Bertz CT molecular complexity index is 787. The third kappa shape index (κ3) is 2.92. The first-order chi connectivity index (χ1) is 11.9. The first-order valence-corrected chi connectivity index (χ1v) is 10.7. The van der Waals surface area contributed by atoms with Gasteiger partial charge in [-0.2, -0.15) is 0 Å². The molecule has 3 aromatic carbocycles. The molecule has 24 heavy (non-hydrogen) atoms. The first-order valence-electron chi connectivity index (χ1n) is 7.88. The summed E-state index contributed by atoms with van der Waals surface area (Å²) in [7, 11) is 0. The molecule has 0 radical (unpaired) electrons. The van der Waals surface area contributed by atoms with Crippen molar-refractivity contribution in [3.63, 3.8) is 0 Å². The summed E-state index contributed by atoms with van der Waals surface area (Å²) in [6.45, 7) is 0. The average Bonchev–Trinajstić information content (AvgIpc) is 3.08. The minimum atomic E-state index is -0.0896. The van der Waals surface area contributed by atoms with E-state index < -0.39 is 0 Å². The van der Waals surface area contributed by atoms with E-state index in [1.54, 1.807) is 0 Å². The topological polar surface area (TPSA) is 0 Å². The van der Waals surface area contributed by atoms with E-state index in [4.69, 9.17) is 0 Å². The van der Waals surface area contributed by atoms with Gasteiger partial charge >= 0.3 is 0 Å². The van der Waals surface area contributed by atoms with Crippen molar-refractivity contribution in [1.29, 1.82) is 0 Å². The summed E-state index contributed by atoms with van der Waals surface area (Å²) < 4.78 is 1.37. The summed E-state index contributed by atoms with van der Waals surface area (Å²) in [5.41, 5.74) is 2.73. The molecule has 0 nitrogen and oxygen atoms in total. The standard InChI is InChI=1S/C21H17S3/c1-4-10-17(11-5-1)21(18-12-6-2-7-13-18)20(22-16-23-21)24-19-14-8-3-9-15-19/h1-15H,16H2/q+1. The van der Waals surface area contributed by atoms with E-state index in [2.05, 4.69) is 91.0 Å². The highest BCUT2D eigenvalue weighted by molar-refractivity contribution is 8.29. The van der Waals surface area contributed by atoms with Crippen molar-refractivity contribution < 1.29 is 0 Å². The molecule has 1 aliphatic heterocycles. The minimum Gasteiger partial charge on any atom is -0.0711 e. The van der Waals surface area contributed by atoms with Crippen LogP contribution in [0.3, 0.4) is 0 Å². The average molecular weight is 366 g/mol. The van der Waals surface area contributed by atoms with Crippen LogP contribution in [0.2, 0.25) is 0 Å². The molecule has 0 aromatic heterocycles. The van der Waals surface area contributed by atoms with E-state index in [1.807, 2.05) is 34.9 Å². The Morgan fingerprint density at radius 1 is 0.708 bits per heavy atom. The molecule has 0 unspecified atom stereocenters. The Morgan fingerprint density at radius 3 is 1.75 bits per heavy atom. The van der Waals surface area contributed by atoms with Crippen molar-refractivity contribution in [3.8, 4) is 0 Å². The van der Waals surface area contributed by atoms with Crippen molar-refractivity contribution >= 4 is 39.1 Å². The predicted octanol–water partition coefficient (Wildman–Crippen LogP) is 5.64. The third-order valence-corrected chi connectivity index (χ3v) is 8.55. The lowest BCUT2D eigenvalue weighted by Crippen LogP contribution is -2.29. The molecule has 3 heteroatoms. The summed E-state index contributed by atoms with van der Waals surface area (Å²) in [4.78, 5) is 1.30. The maximum Gasteiger partial charge on any atom is 0.265 e. The third-order valence-electron chi connectivity index (χ3n) is 4.07. The first kappa shape index (κ1) is 15.9. The monoisotopic (exact) mass is 365 g/mol. The molecule has 0 atom stereocenters. The molecule has 1 heterocycles. The van der Waals surface area contributed by atoms with Crippen LogP contribution in [0.4, 0.5) is 0 Å². The molecule has 0 fully saturated rings. The van der Waals surface area contributed by atoms with Crippen LogP contribution in [0.5, 0.6) is 0 Å². The molecule has 4 rings (SSSR count). The van der Waals surface area contributed by atoms with Gasteiger partial charge in [0.25, 0.3) is 4.20 Å². The Kier molecular flexibility index (Phi) is 4.74. The van der Waals surface area contributed by atoms with E-state index in [0.29, 0.717) is 0 Å². The van der Waals surface area contributed by atoms with Gasteiger partial charge in [-0.05, 0) is 35.0 Å². The van der Waals surface area contributed by atoms with E-state index in [0.717, 1.165) is 5.08 Å². The summed E-state index contributed by atoms with van der Waals surface area (Å²) in [5.74, 6) is 0.